The minimum Gasteiger partial charge on any atom is -0.481 e. The highest BCUT2D eigenvalue weighted by Crippen LogP contribution is 2.27. The summed E-state index contributed by atoms with van der Waals surface area (Å²) in [4.78, 5) is 10.8. The quantitative estimate of drug-likeness (QED) is 0.799. The predicted octanol–water partition coefficient (Wildman–Crippen LogP) is 3.23. The van der Waals surface area contributed by atoms with Gasteiger partial charge in [-0.25, -0.2) is 0 Å². The Kier molecular flexibility index (Phi) is 3.36. The molecule has 104 valence electrons. The summed E-state index contributed by atoms with van der Waals surface area (Å²) in [6.45, 7) is 1.93. The molecule has 0 aliphatic heterocycles. The number of hydrogen-bond donors (Lipinski definition) is 1. The van der Waals surface area contributed by atoms with Crippen molar-refractivity contribution in [3.8, 4) is 11.3 Å². The first kappa shape index (κ1) is 13.2. The van der Waals surface area contributed by atoms with E-state index in [4.69, 9.17) is 5.11 Å². The maximum atomic E-state index is 10.8. The minimum atomic E-state index is -0.841. The number of carboxylic acids is 1. The number of nitrogens with zero attached hydrogens (tertiary/aromatic N) is 2. The van der Waals surface area contributed by atoms with E-state index in [2.05, 4.69) is 10.2 Å². The Morgan fingerprint density at radius 2 is 1.81 bits per heavy atom. The molecule has 1 N–H and O–H groups in total. The summed E-state index contributed by atoms with van der Waals surface area (Å²) < 4.78 is 0. The monoisotopic (exact) mass is 278 g/mol. The second kappa shape index (κ2) is 5.32. The molecule has 4 nitrogen and oxygen atoms in total. The summed E-state index contributed by atoms with van der Waals surface area (Å²) in [6.07, 6.45) is 0.00502. The molecule has 0 amide bonds. The van der Waals surface area contributed by atoms with Gasteiger partial charge in [0.05, 0.1) is 12.1 Å². The standard InChI is InChI=1S/C17H14N2O2/c1-11-14-7-2-3-8-15(14)17(19-18-11)13-6-4-5-12(9-13)10-16(20)21/h2-9H,10H2,1H3,(H,20,21). The molecule has 0 spiro atoms. The Morgan fingerprint density at radius 3 is 2.57 bits per heavy atom. The van der Waals surface area contributed by atoms with Gasteiger partial charge in [-0.3, -0.25) is 4.79 Å². The minimum absolute atomic E-state index is 0.00502. The molecule has 0 aliphatic rings. The lowest BCUT2D eigenvalue weighted by molar-refractivity contribution is -0.136. The highest BCUT2D eigenvalue weighted by atomic mass is 16.4. The van der Waals surface area contributed by atoms with Crippen LogP contribution < -0.4 is 0 Å². The van der Waals surface area contributed by atoms with Crippen molar-refractivity contribution < 1.29 is 9.90 Å². The number of aryl methyl sites for hydroxylation is 1. The molecule has 0 radical (unpaired) electrons. The zero-order chi connectivity index (χ0) is 14.8. The van der Waals surface area contributed by atoms with E-state index in [-0.39, 0.29) is 6.42 Å². The van der Waals surface area contributed by atoms with Crippen molar-refractivity contribution in [3.05, 3.63) is 59.8 Å². The van der Waals surface area contributed by atoms with Crippen molar-refractivity contribution in [2.24, 2.45) is 0 Å². The van der Waals surface area contributed by atoms with Crippen LogP contribution in [0, 0.1) is 6.92 Å². The molecule has 0 fully saturated rings. The number of benzene rings is 2. The third-order valence-electron chi connectivity index (χ3n) is 3.43. The molecule has 2 aromatic carbocycles. The first-order valence-corrected chi connectivity index (χ1v) is 6.68. The van der Waals surface area contributed by atoms with Crippen LogP contribution in [0.1, 0.15) is 11.3 Å². The van der Waals surface area contributed by atoms with Crippen LogP contribution in [0.25, 0.3) is 22.0 Å². The van der Waals surface area contributed by atoms with E-state index in [9.17, 15) is 4.79 Å². The lowest BCUT2D eigenvalue weighted by Crippen LogP contribution is -2.00. The van der Waals surface area contributed by atoms with Crippen molar-refractivity contribution in [3.63, 3.8) is 0 Å². The molecule has 1 heterocycles. The first-order chi connectivity index (χ1) is 10.1. The molecule has 0 atom stereocenters. The predicted molar refractivity (Wildman–Crippen MR) is 81.1 cm³/mol. The number of aromatic nitrogens is 2. The highest BCUT2D eigenvalue weighted by molar-refractivity contribution is 5.95. The smallest absolute Gasteiger partial charge is 0.307 e. The van der Waals surface area contributed by atoms with Gasteiger partial charge in [0.15, 0.2) is 0 Å². The highest BCUT2D eigenvalue weighted by Gasteiger charge is 2.09. The van der Waals surface area contributed by atoms with Gasteiger partial charge in [-0.1, -0.05) is 42.5 Å². The van der Waals surface area contributed by atoms with Crippen LogP contribution in [0.3, 0.4) is 0 Å². The topological polar surface area (TPSA) is 63.1 Å². The zero-order valence-corrected chi connectivity index (χ0v) is 11.6. The van der Waals surface area contributed by atoms with E-state index in [0.717, 1.165) is 33.3 Å². The Hall–Kier alpha value is -2.75. The molecule has 0 saturated carbocycles. The van der Waals surface area contributed by atoms with E-state index < -0.39 is 5.97 Å². The third-order valence-corrected chi connectivity index (χ3v) is 3.43. The summed E-state index contributed by atoms with van der Waals surface area (Å²) in [5.74, 6) is -0.841. The number of rotatable bonds is 3. The average Bonchev–Trinajstić information content (AvgIpc) is 2.47. The molecule has 0 aliphatic carbocycles. The molecule has 1 aromatic heterocycles. The van der Waals surface area contributed by atoms with Crippen molar-refractivity contribution in [2.75, 3.05) is 0 Å². The fraction of sp³-hybridized carbons (Fsp3) is 0.118. The lowest BCUT2D eigenvalue weighted by atomic mass is 10.0. The summed E-state index contributed by atoms with van der Waals surface area (Å²) in [5, 5.41) is 19.5. The summed E-state index contributed by atoms with van der Waals surface area (Å²) in [7, 11) is 0. The van der Waals surface area contributed by atoms with E-state index in [1.54, 1.807) is 6.07 Å². The number of aliphatic carboxylic acids is 1. The molecule has 0 bridgehead atoms. The third kappa shape index (κ3) is 2.60. The van der Waals surface area contributed by atoms with Crippen LogP contribution in [-0.2, 0) is 11.2 Å². The lowest BCUT2D eigenvalue weighted by Gasteiger charge is -2.08. The fourth-order valence-electron chi connectivity index (χ4n) is 2.45. The summed E-state index contributed by atoms with van der Waals surface area (Å²) >= 11 is 0. The number of fused-ring (bicyclic) bond motifs is 1. The molecule has 3 rings (SSSR count). The first-order valence-electron chi connectivity index (χ1n) is 6.68. The second-order valence-electron chi connectivity index (χ2n) is 4.95. The summed E-state index contributed by atoms with van der Waals surface area (Å²) in [6, 6.07) is 15.4. The Bertz CT molecular complexity index is 828. The van der Waals surface area contributed by atoms with Crippen LogP contribution in [0.15, 0.2) is 48.5 Å². The second-order valence-corrected chi connectivity index (χ2v) is 4.95. The van der Waals surface area contributed by atoms with Crippen molar-refractivity contribution >= 4 is 16.7 Å². The molecular formula is C17H14N2O2. The van der Waals surface area contributed by atoms with Crippen molar-refractivity contribution in [2.45, 2.75) is 13.3 Å². The molecule has 21 heavy (non-hydrogen) atoms. The number of hydrogen-bond acceptors (Lipinski definition) is 3. The van der Waals surface area contributed by atoms with Gasteiger partial charge >= 0.3 is 5.97 Å². The van der Waals surface area contributed by atoms with Crippen LogP contribution >= 0.6 is 0 Å². The van der Waals surface area contributed by atoms with Crippen LogP contribution in [0.5, 0.6) is 0 Å². The van der Waals surface area contributed by atoms with E-state index in [1.807, 2.05) is 49.4 Å². The van der Waals surface area contributed by atoms with Gasteiger partial charge in [-0.05, 0) is 18.6 Å². The van der Waals surface area contributed by atoms with Gasteiger partial charge in [-0.15, -0.1) is 5.10 Å². The molecule has 4 heteroatoms. The molecule has 3 aromatic rings. The Labute approximate surface area is 122 Å². The van der Waals surface area contributed by atoms with Gasteiger partial charge in [0.25, 0.3) is 0 Å². The fourth-order valence-corrected chi connectivity index (χ4v) is 2.45. The van der Waals surface area contributed by atoms with Crippen LogP contribution in [-0.4, -0.2) is 21.3 Å². The largest absolute Gasteiger partial charge is 0.481 e. The number of carbonyl (C=O) groups is 1. The normalized spacial score (nSPS) is 10.7. The van der Waals surface area contributed by atoms with Gasteiger partial charge in [-0.2, -0.15) is 5.10 Å². The van der Waals surface area contributed by atoms with Gasteiger partial charge in [0.2, 0.25) is 0 Å². The Balaban J connectivity index is 2.17. The maximum Gasteiger partial charge on any atom is 0.307 e. The molecule has 0 saturated heterocycles. The van der Waals surface area contributed by atoms with E-state index in [0.29, 0.717) is 0 Å². The number of carboxylic acid groups (broad SMARTS) is 1. The van der Waals surface area contributed by atoms with Crippen LogP contribution in [0.2, 0.25) is 0 Å². The van der Waals surface area contributed by atoms with Gasteiger partial charge in [0.1, 0.15) is 5.69 Å². The van der Waals surface area contributed by atoms with E-state index >= 15 is 0 Å². The maximum absolute atomic E-state index is 10.8. The zero-order valence-electron chi connectivity index (χ0n) is 11.6. The molecular weight excluding hydrogens is 264 g/mol. The SMILES string of the molecule is Cc1nnc(-c2cccc(CC(=O)O)c2)c2ccccc12. The van der Waals surface area contributed by atoms with Crippen molar-refractivity contribution in [1.82, 2.24) is 10.2 Å². The molecule has 0 unspecified atom stereocenters. The van der Waals surface area contributed by atoms with E-state index in [1.165, 1.54) is 0 Å². The van der Waals surface area contributed by atoms with Crippen molar-refractivity contribution in [1.29, 1.82) is 0 Å². The Morgan fingerprint density at radius 1 is 1.05 bits per heavy atom. The summed E-state index contributed by atoms with van der Waals surface area (Å²) in [5.41, 5.74) is 3.31. The van der Waals surface area contributed by atoms with Crippen LogP contribution in [0.4, 0.5) is 0 Å². The van der Waals surface area contributed by atoms with Gasteiger partial charge in [0, 0.05) is 16.3 Å². The van der Waals surface area contributed by atoms with Gasteiger partial charge < -0.3 is 5.11 Å². The average molecular weight is 278 g/mol.